The Morgan fingerprint density at radius 2 is 1.78 bits per heavy atom. The number of halogens is 1. The second kappa shape index (κ2) is 11.2. The van der Waals surface area contributed by atoms with Gasteiger partial charge in [0.2, 0.25) is 0 Å². The third-order valence-corrected chi connectivity index (χ3v) is 6.57. The number of ether oxygens (including phenoxy) is 2. The van der Waals surface area contributed by atoms with Gasteiger partial charge in [-0.1, -0.05) is 12.8 Å². The van der Waals surface area contributed by atoms with Gasteiger partial charge in [-0.25, -0.2) is 4.99 Å². The Labute approximate surface area is 207 Å². The molecule has 1 aromatic carbocycles. The van der Waals surface area contributed by atoms with Crippen LogP contribution in [0.5, 0.6) is 11.5 Å². The highest BCUT2D eigenvalue weighted by molar-refractivity contribution is 14.0. The van der Waals surface area contributed by atoms with Crippen molar-refractivity contribution in [3.63, 3.8) is 0 Å². The normalized spacial score (nSPS) is 19.2. The number of likely N-dealkylation sites (tertiary alicyclic amines) is 1. The molecule has 2 aliphatic rings. The van der Waals surface area contributed by atoms with Crippen LogP contribution in [0.15, 0.2) is 23.2 Å². The van der Waals surface area contributed by atoms with Crippen LogP contribution >= 0.6 is 24.0 Å². The minimum atomic E-state index is 0. The summed E-state index contributed by atoms with van der Waals surface area (Å²) in [6.07, 6.45) is 6.09. The first-order chi connectivity index (χ1) is 15.1. The van der Waals surface area contributed by atoms with Gasteiger partial charge in [-0.05, 0) is 43.9 Å². The monoisotopic (exact) mass is 554 g/mol. The summed E-state index contributed by atoms with van der Waals surface area (Å²) < 4.78 is 13.0. The molecule has 4 rings (SSSR count). The summed E-state index contributed by atoms with van der Waals surface area (Å²) in [6, 6.07) is 6.68. The predicted molar refractivity (Wildman–Crippen MR) is 136 cm³/mol. The lowest BCUT2D eigenvalue weighted by atomic mass is 9.98. The van der Waals surface area contributed by atoms with Gasteiger partial charge in [0.15, 0.2) is 11.8 Å². The zero-order valence-electron chi connectivity index (χ0n) is 19.5. The zero-order valence-corrected chi connectivity index (χ0v) is 21.8. The largest absolute Gasteiger partial charge is 0.497 e. The molecule has 0 bridgehead atoms. The molecule has 8 nitrogen and oxygen atoms in total. The van der Waals surface area contributed by atoms with Crippen molar-refractivity contribution in [1.82, 2.24) is 25.0 Å². The molecule has 1 aliphatic heterocycles. The summed E-state index contributed by atoms with van der Waals surface area (Å²) in [5.41, 5.74) is 1.25. The molecule has 0 radical (unpaired) electrons. The van der Waals surface area contributed by atoms with Crippen LogP contribution in [0.3, 0.4) is 0 Å². The van der Waals surface area contributed by atoms with E-state index in [1.165, 1.54) is 31.2 Å². The number of aliphatic imine (C=N–C) groups is 1. The van der Waals surface area contributed by atoms with Crippen LogP contribution in [0.2, 0.25) is 0 Å². The van der Waals surface area contributed by atoms with Crippen LogP contribution in [0, 0.1) is 6.92 Å². The molecule has 176 valence electrons. The maximum absolute atomic E-state index is 5.48. The lowest BCUT2D eigenvalue weighted by Gasteiger charge is -2.25. The lowest BCUT2D eigenvalue weighted by molar-refractivity contribution is 0.392. The summed E-state index contributed by atoms with van der Waals surface area (Å²) in [4.78, 5) is 7.36. The van der Waals surface area contributed by atoms with Crippen LogP contribution in [-0.2, 0) is 13.6 Å². The Kier molecular flexibility index (Phi) is 8.61. The molecule has 1 atom stereocenters. The number of aromatic nitrogens is 3. The van der Waals surface area contributed by atoms with E-state index >= 15 is 0 Å². The summed E-state index contributed by atoms with van der Waals surface area (Å²) in [5, 5.41) is 12.2. The molecule has 1 aliphatic carbocycles. The van der Waals surface area contributed by atoms with Crippen LogP contribution < -0.4 is 14.8 Å². The first-order valence-electron chi connectivity index (χ1n) is 11.2. The maximum Gasteiger partial charge on any atom is 0.194 e. The molecule has 0 amide bonds. The minimum absolute atomic E-state index is 0. The Morgan fingerprint density at radius 1 is 1.09 bits per heavy atom. The quantitative estimate of drug-likeness (QED) is 0.334. The number of hydrogen-bond donors (Lipinski definition) is 1. The zero-order chi connectivity index (χ0) is 21.8. The number of aryl methyl sites for hydroxylation is 1. The highest BCUT2D eigenvalue weighted by Crippen LogP contribution is 2.33. The number of nitrogens with zero attached hydrogens (tertiary/aromatic N) is 5. The summed E-state index contributed by atoms with van der Waals surface area (Å²) in [7, 11) is 5.39. The maximum atomic E-state index is 5.48. The second-order valence-corrected chi connectivity index (χ2v) is 8.57. The Bertz CT molecular complexity index is 903. The Morgan fingerprint density at radius 3 is 2.38 bits per heavy atom. The standard InChI is InChI=1S/C23H34N6O2.HI/c1-16-26-27-22(28(16)2)14-24-23(25-19-7-5-6-8-19)29-10-9-17(15-29)18-11-20(30-3)13-21(12-18)31-4;/h11-13,17,19H,5-10,14-15H2,1-4H3,(H,24,25);1H. The summed E-state index contributed by atoms with van der Waals surface area (Å²) in [5.74, 6) is 4.87. The van der Waals surface area contributed by atoms with E-state index in [9.17, 15) is 0 Å². The van der Waals surface area contributed by atoms with E-state index in [1.807, 2.05) is 24.6 Å². The van der Waals surface area contributed by atoms with Crippen molar-refractivity contribution in [2.24, 2.45) is 12.0 Å². The van der Waals surface area contributed by atoms with E-state index < -0.39 is 0 Å². The lowest BCUT2D eigenvalue weighted by Crippen LogP contribution is -2.44. The number of nitrogens with one attached hydrogen (secondary N) is 1. The van der Waals surface area contributed by atoms with Gasteiger partial charge < -0.3 is 24.3 Å². The van der Waals surface area contributed by atoms with E-state index in [0.717, 1.165) is 48.6 Å². The minimum Gasteiger partial charge on any atom is -0.497 e. The number of methoxy groups -OCH3 is 2. The van der Waals surface area contributed by atoms with Gasteiger partial charge in [0, 0.05) is 38.2 Å². The molecular weight excluding hydrogens is 519 g/mol. The number of rotatable bonds is 6. The molecule has 2 fully saturated rings. The SMILES string of the molecule is COc1cc(OC)cc(C2CCN(C(=NCc3nnc(C)n3C)NC3CCCC3)C2)c1.I. The van der Waals surface area contributed by atoms with Crippen molar-refractivity contribution in [3.8, 4) is 11.5 Å². The predicted octanol–water partition coefficient (Wildman–Crippen LogP) is 3.64. The Hall–Kier alpha value is -2.04. The van der Waals surface area contributed by atoms with Gasteiger partial charge in [0.25, 0.3) is 0 Å². The highest BCUT2D eigenvalue weighted by atomic mass is 127. The van der Waals surface area contributed by atoms with Crippen molar-refractivity contribution in [2.75, 3.05) is 27.3 Å². The van der Waals surface area contributed by atoms with E-state index in [1.54, 1.807) is 14.2 Å². The van der Waals surface area contributed by atoms with Gasteiger partial charge in [-0.15, -0.1) is 34.2 Å². The second-order valence-electron chi connectivity index (χ2n) is 8.57. The van der Waals surface area contributed by atoms with Crippen LogP contribution in [-0.4, -0.2) is 59.0 Å². The van der Waals surface area contributed by atoms with Crippen LogP contribution in [0.1, 0.15) is 55.2 Å². The molecular formula is C23H35IN6O2. The molecule has 0 spiro atoms. The van der Waals surface area contributed by atoms with Crippen molar-refractivity contribution in [1.29, 1.82) is 0 Å². The van der Waals surface area contributed by atoms with Crippen molar-refractivity contribution in [2.45, 2.75) is 57.5 Å². The van der Waals surface area contributed by atoms with Crippen LogP contribution in [0.25, 0.3) is 0 Å². The highest BCUT2D eigenvalue weighted by Gasteiger charge is 2.29. The first kappa shape index (κ1) is 24.6. The average molecular weight is 554 g/mol. The van der Waals surface area contributed by atoms with Crippen LogP contribution in [0.4, 0.5) is 0 Å². The van der Waals surface area contributed by atoms with E-state index in [2.05, 4.69) is 32.5 Å². The van der Waals surface area contributed by atoms with Crippen molar-refractivity contribution < 1.29 is 9.47 Å². The molecule has 1 aromatic heterocycles. The molecule has 1 saturated heterocycles. The van der Waals surface area contributed by atoms with E-state index in [4.69, 9.17) is 14.5 Å². The third kappa shape index (κ3) is 5.65. The van der Waals surface area contributed by atoms with Crippen molar-refractivity contribution >= 4 is 29.9 Å². The van der Waals surface area contributed by atoms with Gasteiger partial charge in [-0.3, -0.25) is 0 Å². The summed E-state index contributed by atoms with van der Waals surface area (Å²) in [6.45, 7) is 4.39. The summed E-state index contributed by atoms with van der Waals surface area (Å²) >= 11 is 0. The number of hydrogen-bond acceptors (Lipinski definition) is 5. The number of guanidine groups is 1. The smallest absolute Gasteiger partial charge is 0.194 e. The molecule has 9 heteroatoms. The molecule has 1 unspecified atom stereocenters. The molecule has 2 heterocycles. The van der Waals surface area contributed by atoms with Gasteiger partial charge in [0.05, 0.1) is 14.2 Å². The third-order valence-electron chi connectivity index (χ3n) is 6.57. The molecule has 1 N–H and O–H groups in total. The first-order valence-corrected chi connectivity index (χ1v) is 11.2. The average Bonchev–Trinajstić information content (AvgIpc) is 3.54. The Balaban J connectivity index is 0.00000289. The van der Waals surface area contributed by atoms with E-state index in [-0.39, 0.29) is 24.0 Å². The molecule has 32 heavy (non-hydrogen) atoms. The molecule has 1 saturated carbocycles. The molecule has 2 aromatic rings. The van der Waals surface area contributed by atoms with Gasteiger partial charge in [-0.2, -0.15) is 0 Å². The van der Waals surface area contributed by atoms with Gasteiger partial charge in [0.1, 0.15) is 23.9 Å². The fourth-order valence-electron chi connectivity index (χ4n) is 4.51. The fraction of sp³-hybridized carbons (Fsp3) is 0.609. The number of benzene rings is 1. The van der Waals surface area contributed by atoms with Gasteiger partial charge >= 0.3 is 0 Å². The fourth-order valence-corrected chi connectivity index (χ4v) is 4.51. The topological polar surface area (TPSA) is 76.8 Å². The van der Waals surface area contributed by atoms with E-state index in [0.29, 0.717) is 18.5 Å². The van der Waals surface area contributed by atoms with Crippen molar-refractivity contribution in [3.05, 3.63) is 35.4 Å².